The fourth-order valence-electron chi connectivity index (χ4n) is 3.75. The number of halogens is 1. The highest BCUT2D eigenvalue weighted by atomic mass is 35.5. The van der Waals surface area contributed by atoms with E-state index in [1.165, 1.54) is 0 Å². The lowest BCUT2D eigenvalue weighted by atomic mass is 9.76. The molecule has 1 aliphatic carbocycles. The molecular weight excluding hydrogens is 310 g/mol. The fourth-order valence-corrected chi connectivity index (χ4v) is 3.95. The summed E-state index contributed by atoms with van der Waals surface area (Å²) >= 11 is 6.15. The third kappa shape index (κ3) is 2.41. The van der Waals surface area contributed by atoms with Crippen LogP contribution in [-0.2, 0) is 0 Å². The third-order valence-corrected chi connectivity index (χ3v) is 5.04. The molecule has 0 radical (unpaired) electrons. The highest BCUT2D eigenvalue weighted by Crippen LogP contribution is 2.50. The smallest absolute Gasteiger partial charge is 0.0715 e. The van der Waals surface area contributed by atoms with Crippen molar-refractivity contribution in [1.82, 2.24) is 0 Å². The Morgan fingerprint density at radius 3 is 2.87 bits per heavy atom. The molecule has 0 unspecified atom stereocenters. The van der Waals surface area contributed by atoms with Crippen molar-refractivity contribution in [1.29, 1.82) is 0 Å². The molecule has 0 amide bonds. The lowest BCUT2D eigenvalue weighted by Gasteiger charge is -2.38. The molecule has 0 aromatic heterocycles. The second-order valence-corrected chi connectivity index (χ2v) is 6.56. The van der Waals surface area contributed by atoms with Crippen molar-refractivity contribution in [2.45, 2.75) is 18.4 Å². The van der Waals surface area contributed by atoms with Crippen molar-refractivity contribution in [3.8, 4) is 0 Å². The van der Waals surface area contributed by atoms with Gasteiger partial charge < -0.3 is 15.2 Å². The molecule has 0 saturated carbocycles. The van der Waals surface area contributed by atoms with Gasteiger partial charge >= 0.3 is 0 Å². The SMILES string of the molecule is O=C([O-])c1ccc2c(c1)[C@H]1C=CC[C@H]1[C@H](c1cccc(Cl)c1)N2. The van der Waals surface area contributed by atoms with Gasteiger partial charge in [-0.1, -0.05) is 42.0 Å². The second kappa shape index (κ2) is 5.43. The zero-order valence-electron chi connectivity index (χ0n) is 12.3. The quantitative estimate of drug-likeness (QED) is 0.860. The van der Waals surface area contributed by atoms with Crippen LogP contribution >= 0.6 is 11.6 Å². The standard InChI is InChI=1S/C19H16ClNO2/c20-13-4-1-3-11(9-13)18-15-6-2-5-14(15)16-10-12(19(22)23)7-8-17(16)21-18/h1-5,7-10,14-15,18,21H,6H2,(H,22,23)/p-1/t14-,15+,18-/m0/s1. The molecule has 0 spiro atoms. The van der Waals surface area contributed by atoms with Crippen molar-refractivity contribution < 1.29 is 9.90 Å². The number of hydrogen-bond acceptors (Lipinski definition) is 3. The van der Waals surface area contributed by atoms with Gasteiger partial charge in [0.15, 0.2) is 0 Å². The molecule has 4 rings (SSSR count). The highest BCUT2D eigenvalue weighted by molar-refractivity contribution is 6.30. The van der Waals surface area contributed by atoms with Crippen LogP contribution in [0.5, 0.6) is 0 Å². The summed E-state index contributed by atoms with van der Waals surface area (Å²) in [4.78, 5) is 11.1. The molecule has 0 saturated heterocycles. The van der Waals surface area contributed by atoms with E-state index in [4.69, 9.17) is 11.6 Å². The van der Waals surface area contributed by atoms with Gasteiger partial charge in [0.1, 0.15) is 0 Å². The topological polar surface area (TPSA) is 52.2 Å². The van der Waals surface area contributed by atoms with Crippen LogP contribution in [0.3, 0.4) is 0 Å². The van der Waals surface area contributed by atoms with Crippen molar-refractivity contribution in [3.05, 3.63) is 76.3 Å². The zero-order chi connectivity index (χ0) is 16.0. The van der Waals surface area contributed by atoms with E-state index in [0.717, 1.165) is 28.3 Å². The molecule has 1 N–H and O–H groups in total. The molecule has 2 aromatic carbocycles. The van der Waals surface area contributed by atoms with Crippen LogP contribution in [0.15, 0.2) is 54.6 Å². The van der Waals surface area contributed by atoms with E-state index in [9.17, 15) is 9.90 Å². The summed E-state index contributed by atoms with van der Waals surface area (Å²) in [5, 5.41) is 15.4. The van der Waals surface area contributed by atoms with Crippen molar-refractivity contribution in [2.24, 2.45) is 5.92 Å². The number of aromatic carboxylic acids is 1. The number of nitrogens with one attached hydrogen (secondary N) is 1. The number of carbonyl (C=O) groups is 1. The molecule has 1 aliphatic heterocycles. The van der Waals surface area contributed by atoms with Gasteiger partial charge in [0.25, 0.3) is 0 Å². The Morgan fingerprint density at radius 1 is 1.22 bits per heavy atom. The lowest BCUT2D eigenvalue weighted by Crippen LogP contribution is -2.30. The highest BCUT2D eigenvalue weighted by Gasteiger charge is 2.37. The molecule has 23 heavy (non-hydrogen) atoms. The summed E-state index contributed by atoms with van der Waals surface area (Å²) in [6.45, 7) is 0. The summed E-state index contributed by atoms with van der Waals surface area (Å²) in [5.74, 6) is -0.559. The number of allylic oxidation sites excluding steroid dienone is 2. The molecule has 3 atom stereocenters. The van der Waals surface area contributed by atoms with Crippen LogP contribution in [0.1, 0.15) is 39.9 Å². The van der Waals surface area contributed by atoms with E-state index in [2.05, 4.69) is 23.5 Å². The maximum absolute atomic E-state index is 11.1. The third-order valence-electron chi connectivity index (χ3n) is 4.81. The minimum absolute atomic E-state index is 0.162. The van der Waals surface area contributed by atoms with Crippen LogP contribution < -0.4 is 10.4 Å². The van der Waals surface area contributed by atoms with E-state index in [1.54, 1.807) is 12.1 Å². The summed E-state index contributed by atoms with van der Waals surface area (Å²) in [6.07, 6.45) is 5.32. The van der Waals surface area contributed by atoms with Gasteiger partial charge in [-0.05, 0) is 53.3 Å². The molecule has 2 aliphatic rings. The molecule has 3 nitrogen and oxygen atoms in total. The van der Waals surface area contributed by atoms with Gasteiger partial charge in [0.05, 0.1) is 12.0 Å². The summed E-state index contributed by atoms with van der Waals surface area (Å²) in [6, 6.07) is 13.2. The number of hydrogen-bond donors (Lipinski definition) is 1. The van der Waals surface area contributed by atoms with E-state index >= 15 is 0 Å². The van der Waals surface area contributed by atoms with Gasteiger partial charge in [0, 0.05) is 16.6 Å². The van der Waals surface area contributed by atoms with Gasteiger partial charge in [-0.25, -0.2) is 0 Å². The number of rotatable bonds is 2. The maximum Gasteiger partial charge on any atom is 0.0715 e. The molecule has 0 bridgehead atoms. The maximum atomic E-state index is 11.1. The largest absolute Gasteiger partial charge is 0.545 e. The van der Waals surface area contributed by atoms with Gasteiger partial charge in [-0.15, -0.1) is 0 Å². The molecule has 4 heteroatoms. The Bertz CT molecular complexity index is 815. The minimum Gasteiger partial charge on any atom is -0.545 e. The summed E-state index contributed by atoms with van der Waals surface area (Å²) < 4.78 is 0. The zero-order valence-corrected chi connectivity index (χ0v) is 13.1. The molecule has 116 valence electrons. The average molecular weight is 325 g/mol. The number of carboxylic acids is 1. The number of anilines is 1. The molecule has 1 heterocycles. The fraction of sp³-hybridized carbons (Fsp3) is 0.211. The molecular formula is C19H15ClNO2-. The minimum atomic E-state index is -1.14. The van der Waals surface area contributed by atoms with Gasteiger partial charge in [-0.2, -0.15) is 0 Å². The van der Waals surface area contributed by atoms with Crippen molar-refractivity contribution >= 4 is 23.3 Å². The van der Waals surface area contributed by atoms with E-state index in [0.29, 0.717) is 5.92 Å². The first kappa shape index (κ1) is 14.3. The Labute approximate surface area is 139 Å². The van der Waals surface area contributed by atoms with E-state index in [-0.39, 0.29) is 17.5 Å². The van der Waals surface area contributed by atoms with Crippen LogP contribution in [0.25, 0.3) is 0 Å². The number of carboxylic acid groups (broad SMARTS) is 1. The monoisotopic (exact) mass is 324 g/mol. The molecule has 0 fully saturated rings. The van der Waals surface area contributed by atoms with Crippen LogP contribution in [0.2, 0.25) is 5.02 Å². The van der Waals surface area contributed by atoms with Crippen LogP contribution in [0, 0.1) is 5.92 Å². The average Bonchev–Trinajstić information content (AvgIpc) is 3.03. The molecule has 2 aromatic rings. The number of benzene rings is 2. The lowest BCUT2D eigenvalue weighted by molar-refractivity contribution is -0.255. The summed E-state index contributed by atoms with van der Waals surface area (Å²) in [7, 11) is 0. The number of carbonyl (C=O) groups excluding carboxylic acids is 1. The Balaban J connectivity index is 1.79. The van der Waals surface area contributed by atoms with Crippen LogP contribution in [0.4, 0.5) is 5.69 Å². The Morgan fingerprint density at radius 2 is 2.09 bits per heavy atom. The van der Waals surface area contributed by atoms with Crippen molar-refractivity contribution in [2.75, 3.05) is 5.32 Å². The first-order chi connectivity index (χ1) is 11.1. The first-order valence-electron chi connectivity index (χ1n) is 7.67. The second-order valence-electron chi connectivity index (χ2n) is 6.12. The normalized spacial score (nSPS) is 24.7. The van der Waals surface area contributed by atoms with Gasteiger partial charge in [0.2, 0.25) is 0 Å². The van der Waals surface area contributed by atoms with Gasteiger partial charge in [-0.3, -0.25) is 0 Å². The predicted molar refractivity (Wildman–Crippen MR) is 88.6 cm³/mol. The van der Waals surface area contributed by atoms with E-state index in [1.807, 2.05) is 24.3 Å². The Kier molecular flexibility index (Phi) is 3.38. The predicted octanol–water partition coefficient (Wildman–Crippen LogP) is 3.53. The van der Waals surface area contributed by atoms with Crippen molar-refractivity contribution in [3.63, 3.8) is 0 Å². The number of fused-ring (bicyclic) bond motifs is 3. The van der Waals surface area contributed by atoms with E-state index < -0.39 is 5.97 Å². The summed E-state index contributed by atoms with van der Waals surface area (Å²) in [5.41, 5.74) is 3.40. The van der Waals surface area contributed by atoms with Crippen LogP contribution in [-0.4, -0.2) is 5.97 Å². The Hall–Kier alpha value is -2.26. The first-order valence-corrected chi connectivity index (χ1v) is 8.05.